The first kappa shape index (κ1) is 19.4. The highest BCUT2D eigenvalue weighted by atomic mass is 16.5. The van der Waals surface area contributed by atoms with Crippen molar-refractivity contribution in [2.45, 2.75) is 13.0 Å². The van der Waals surface area contributed by atoms with Crippen LogP contribution in [0.3, 0.4) is 0 Å². The van der Waals surface area contributed by atoms with Crippen molar-refractivity contribution >= 4 is 22.9 Å². The average molecular weight is 401 g/mol. The van der Waals surface area contributed by atoms with Crippen LogP contribution >= 0.6 is 0 Å². The quantitative estimate of drug-likeness (QED) is 0.344. The second kappa shape index (κ2) is 8.61. The Morgan fingerprint density at radius 1 is 0.833 bits per heavy atom. The summed E-state index contributed by atoms with van der Waals surface area (Å²) < 4.78 is 11.6. The molecule has 6 heteroatoms. The minimum atomic E-state index is -0.554. The molecule has 30 heavy (non-hydrogen) atoms. The highest BCUT2D eigenvalue weighted by Crippen LogP contribution is 2.19. The van der Waals surface area contributed by atoms with Gasteiger partial charge in [0.25, 0.3) is 0 Å². The molecule has 0 unspecified atom stereocenters. The molecule has 0 N–H and O–H groups in total. The van der Waals surface area contributed by atoms with Crippen molar-refractivity contribution in [2.75, 3.05) is 6.61 Å². The maximum Gasteiger partial charge on any atom is 0.419 e. The van der Waals surface area contributed by atoms with Gasteiger partial charge in [-0.3, -0.25) is 14.2 Å². The molecule has 150 valence electrons. The number of ketones is 1. The Bertz CT molecular complexity index is 1240. The van der Waals surface area contributed by atoms with Crippen molar-refractivity contribution in [3.05, 3.63) is 95.0 Å². The SMILES string of the molecule is O=C(CCn1c(=O)oc2ccccc21)OCC(=O)c1ccc(-c2ccccc2)cc1. The number of oxazole rings is 1. The van der Waals surface area contributed by atoms with Gasteiger partial charge in [-0.05, 0) is 23.3 Å². The Balaban J connectivity index is 1.32. The van der Waals surface area contributed by atoms with E-state index in [0.717, 1.165) is 11.1 Å². The molecule has 6 nitrogen and oxygen atoms in total. The van der Waals surface area contributed by atoms with Crippen LogP contribution in [0.25, 0.3) is 22.2 Å². The predicted octanol–water partition coefficient (Wildman–Crippen LogP) is 4.08. The van der Waals surface area contributed by atoms with Crippen LogP contribution in [0.5, 0.6) is 0 Å². The number of benzene rings is 3. The van der Waals surface area contributed by atoms with Crippen molar-refractivity contribution in [3.63, 3.8) is 0 Å². The Morgan fingerprint density at radius 2 is 1.50 bits per heavy atom. The van der Waals surface area contributed by atoms with Gasteiger partial charge in [-0.25, -0.2) is 4.79 Å². The monoisotopic (exact) mass is 401 g/mol. The first-order valence-corrected chi connectivity index (χ1v) is 9.54. The minimum Gasteiger partial charge on any atom is -0.457 e. The van der Waals surface area contributed by atoms with Gasteiger partial charge in [0, 0.05) is 12.1 Å². The third kappa shape index (κ3) is 4.22. The number of Topliss-reactive ketones (excluding diaryl/α,β-unsaturated/α-hetero) is 1. The van der Waals surface area contributed by atoms with Gasteiger partial charge >= 0.3 is 11.7 Å². The molecule has 0 fully saturated rings. The molecule has 0 bridgehead atoms. The van der Waals surface area contributed by atoms with Gasteiger partial charge in [0.1, 0.15) is 0 Å². The zero-order chi connectivity index (χ0) is 20.9. The molecular weight excluding hydrogens is 382 g/mol. The number of hydrogen-bond acceptors (Lipinski definition) is 5. The first-order valence-electron chi connectivity index (χ1n) is 9.54. The van der Waals surface area contributed by atoms with E-state index in [2.05, 4.69) is 0 Å². The maximum atomic E-state index is 12.3. The lowest BCUT2D eigenvalue weighted by Crippen LogP contribution is -2.19. The fourth-order valence-corrected chi connectivity index (χ4v) is 3.21. The highest BCUT2D eigenvalue weighted by Gasteiger charge is 2.13. The second-order valence-electron chi connectivity index (χ2n) is 6.76. The van der Waals surface area contributed by atoms with E-state index in [9.17, 15) is 14.4 Å². The molecule has 4 aromatic rings. The van der Waals surface area contributed by atoms with E-state index in [4.69, 9.17) is 9.15 Å². The largest absolute Gasteiger partial charge is 0.457 e. The molecule has 0 atom stereocenters. The molecular formula is C24H19NO5. The maximum absolute atomic E-state index is 12.3. The molecule has 0 aliphatic heterocycles. The van der Waals surface area contributed by atoms with Gasteiger partial charge in [-0.15, -0.1) is 0 Å². The molecule has 0 saturated heterocycles. The fraction of sp³-hybridized carbons (Fsp3) is 0.125. The van der Waals surface area contributed by atoms with Gasteiger partial charge in [0.15, 0.2) is 18.0 Å². The van der Waals surface area contributed by atoms with Gasteiger partial charge < -0.3 is 9.15 Å². The van der Waals surface area contributed by atoms with Crippen LogP contribution in [0.2, 0.25) is 0 Å². The third-order valence-electron chi connectivity index (χ3n) is 4.79. The summed E-state index contributed by atoms with van der Waals surface area (Å²) in [5.74, 6) is -1.37. The zero-order valence-electron chi connectivity index (χ0n) is 16.1. The molecule has 1 aromatic heterocycles. The average Bonchev–Trinajstić information content (AvgIpc) is 3.11. The standard InChI is InChI=1S/C24H19NO5/c26-21(19-12-10-18(11-13-19)17-6-2-1-3-7-17)16-29-23(27)14-15-25-20-8-4-5-9-22(20)30-24(25)28/h1-13H,14-16H2. The molecule has 1 heterocycles. The molecule has 0 saturated carbocycles. The van der Waals surface area contributed by atoms with Gasteiger partial charge in [0.2, 0.25) is 0 Å². The van der Waals surface area contributed by atoms with Gasteiger partial charge in [-0.2, -0.15) is 0 Å². The molecule has 3 aromatic carbocycles. The number of fused-ring (bicyclic) bond motifs is 1. The van der Waals surface area contributed by atoms with Crippen molar-refractivity contribution in [3.8, 4) is 11.1 Å². The smallest absolute Gasteiger partial charge is 0.419 e. The summed E-state index contributed by atoms with van der Waals surface area (Å²) in [7, 11) is 0. The summed E-state index contributed by atoms with van der Waals surface area (Å²) in [5, 5.41) is 0. The normalized spacial score (nSPS) is 10.8. The van der Waals surface area contributed by atoms with Crippen LogP contribution in [0, 0.1) is 0 Å². The van der Waals surface area contributed by atoms with Crippen LogP contribution in [-0.4, -0.2) is 22.9 Å². The van der Waals surface area contributed by atoms with Crippen molar-refractivity contribution < 1.29 is 18.7 Å². The van der Waals surface area contributed by atoms with Crippen LogP contribution in [0.4, 0.5) is 0 Å². The summed E-state index contributed by atoms with van der Waals surface area (Å²) in [6.45, 7) is -0.223. The number of carbonyl (C=O) groups excluding carboxylic acids is 2. The number of carbonyl (C=O) groups is 2. The van der Waals surface area contributed by atoms with Crippen molar-refractivity contribution in [2.24, 2.45) is 0 Å². The third-order valence-corrected chi connectivity index (χ3v) is 4.79. The first-order chi connectivity index (χ1) is 14.6. The minimum absolute atomic E-state index is 0.0380. The van der Waals surface area contributed by atoms with Crippen molar-refractivity contribution in [1.82, 2.24) is 4.57 Å². The van der Waals surface area contributed by atoms with Gasteiger partial charge in [-0.1, -0.05) is 66.7 Å². The van der Waals surface area contributed by atoms with Gasteiger partial charge in [0.05, 0.1) is 11.9 Å². The topological polar surface area (TPSA) is 78.5 Å². The zero-order valence-corrected chi connectivity index (χ0v) is 16.1. The fourth-order valence-electron chi connectivity index (χ4n) is 3.21. The summed E-state index contributed by atoms with van der Waals surface area (Å²) in [6.07, 6.45) is -0.0380. The van der Waals surface area contributed by atoms with E-state index in [1.165, 1.54) is 4.57 Å². The van der Waals surface area contributed by atoms with E-state index in [0.29, 0.717) is 16.7 Å². The van der Waals surface area contributed by atoms with Crippen LogP contribution in [0.1, 0.15) is 16.8 Å². The Labute approximate surface area is 172 Å². The van der Waals surface area contributed by atoms with E-state index in [1.54, 1.807) is 36.4 Å². The summed E-state index contributed by atoms with van der Waals surface area (Å²) in [5.41, 5.74) is 3.61. The van der Waals surface area contributed by atoms with E-state index < -0.39 is 11.7 Å². The van der Waals surface area contributed by atoms with Crippen LogP contribution in [-0.2, 0) is 16.1 Å². The number of aryl methyl sites for hydroxylation is 1. The van der Waals surface area contributed by atoms with Crippen LogP contribution in [0.15, 0.2) is 88.1 Å². The Kier molecular flexibility index (Phi) is 5.57. The lowest BCUT2D eigenvalue weighted by molar-refractivity contribution is -0.142. The van der Waals surface area contributed by atoms with Crippen LogP contribution < -0.4 is 5.76 Å². The summed E-state index contributed by atoms with van der Waals surface area (Å²) >= 11 is 0. The molecule has 0 aliphatic rings. The number of nitrogens with zero attached hydrogens (tertiary/aromatic N) is 1. The lowest BCUT2D eigenvalue weighted by Gasteiger charge is -2.06. The van der Waals surface area contributed by atoms with E-state index in [-0.39, 0.29) is 25.4 Å². The second-order valence-corrected chi connectivity index (χ2v) is 6.76. The highest BCUT2D eigenvalue weighted by molar-refractivity contribution is 5.98. The predicted molar refractivity (Wildman–Crippen MR) is 112 cm³/mol. The molecule has 4 rings (SSSR count). The number of para-hydroxylation sites is 2. The molecule has 0 radical (unpaired) electrons. The number of hydrogen-bond donors (Lipinski definition) is 0. The van der Waals surface area contributed by atoms with Crippen molar-refractivity contribution in [1.29, 1.82) is 0 Å². The summed E-state index contributed by atoms with van der Waals surface area (Å²) in [6, 6.07) is 24.0. The Hall–Kier alpha value is -3.93. The van der Waals surface area contributed by atoms with E-state index in [1.807, 2.05) is 42.5 Å². The summed E-state index contributed by atoms with van der Waals surface area (Å²) in [4.78, 5) is 36.3. The Morgan fingerprint density at radius 3 is 2.27 bits per heavy atom. The number of ether oxygens (including phenoxy) is 1. The lowest BCUT2D eigenvalue weighted by atomic mass is 10.0. The molecule has 0 spiro atoms. The number of rotatable bonds is 7. The molecule has 0 amide bonds. The number of esters is 1. The molecule has 0 aliphatic carbocycles. The van der Waals surface area contributed by atoms with E-state index >= 15 is 0 Å². The number of aromatic nitrogens is 1.